The Morgan fingerprint density at radius 1 is 1.40 bits per heavy atom. The Kier molecular flexibility index (Phi) is 4.25. The largest absolute Gasteiger partial charge is 0.462 e. The second kappa shape index (κ2) is 5.76. The molecule has 1 aliphatic rings. The lowest BCUT2D eigenvalue weighted by Crippen LogP contribution is -2.20. The van der Waals surface area contributed by atoms with Crippen LogP contribution in [-0.2, 0) is 10.9 Å². The van der Waals surface area contributed by atoms with Gasteiger partial charge in [0.25, 0.3) is 0 Å². The van der Waals surface area contributed by atoms with E-state index in [4.69, 9.17) is 0 Å². The van der Waals surface area contributed by atoms with Crippen LogP contribution in [0.2, 0.25) is 0 Å². The lowest BCUT2D eigenvalue weighted by atomic mass is 10.1. The van der Waals surface area contributed by atoms with E-state index in [2.05, 4.69) is 14.7 Å². The molecule has 0 aliphatic heterocycles. The van der Waals surface area contributed by atoms with Gasteiger partial charge in [-0.1, -0.05) is 12.8 Å². The van der Waals surface area contributed by atoms with Crippen molar-refractivity contribution in [1.29, 1.82) is 0 Å². The fourth-order valence-electron chi connectivity index (χ4n) is 2.35. The van der Waals surface area contributed by atoms with Crippen LogP contribution in [0.3, 0.4) is 0 Å². The predicted molar refractivity (Wildman–Crippen MR) is 64.2 cm³/mol. The average Bonchev–Trinajstić information content (AvgIpc) is 2.91. The zero-order chi connectivity index (χ0) is 14.8. The van der Waals surface area contributed by atoms with Crippen molar-refractivity contribution in [3.8, 4) is 0 Å². The molecule has 1 fully saturated rings. The Balaban J connectivity index is 2.40. The van der Waals surface area contributed by atoms with E-state index in [0.717, 1.165) is 31.9 Å². The minimum atomic E-state index is -4.70. The normalized spacial score (nSPS) is 16.4. The Labute approximate surface area is 114 Å². The van der Waals surface area contributed by atoms with E-state index in [1.165, 1.54) is 6.92 Å². The third kappa shape index (κ3) is 3.08. The number of hydrogen-bond donors (Lipinski definition) is 0. The summed E-state index contributed by atoms with van der Waals surface area (Å²) in [4.78, 5) is 19.1. The maximum absolute atomic E-state index is 13.0. The van der Waals surface area contributed by atoms with Gasteiger partial charge in [-0.05, 0) is 19.8 Å². The minimum Gasteiger partial charge on any atom is -0.462 e. The van der Waals surface area contributed by atoms with Crippen LogP contribution in [-0.4, -0.2) is 22.5 Å². The molecule has 0 spiro atoms. The van der Waals surface area contributed by atoms with Gasteiger partial charge in [-0.2, -0.15) is 13.2 Å². The Morgan fingerprint density at radius 3 is 2.60 bits per heavy atom. The first-order valence-electron chi connectivity index (χ1n) is 6.54. The molecule has 1 aromatic rings. The quantitative estimate of drug-likeness (QED) is 0.800. The zero-order valence-corrected chi connectivity index (χ0v) is 11.0. The van der Waals surface area contributed by atoms with Crippen molar-refractivity contribution < 1.29 is 22.7 Å². The molecule has 20 heavy (non-hydrogen) atoms. The fourth-order valence-corrected chi connectivity index (χ4v) is 2.35. The number of esters is 1. The maximum Gasteiger partial charge on any atom is 0.434 e. The highest BCUT2D eigenvalue weighted by atomic mass is 19.4. The van der Waals surface area contributed by atoms with Crippen LogP contribution in [0.5, 0.6) is 0 Å². The van der Waals surface area contributed by atoms with Crippen molar-refractivity contribution in [2.45, 2.75) is 44.7 Å². The summed E-state index contributed by atoms with van der Waals surface area (Å²) in [6.45, 7) is 1.53. The molecule has 110 valence electrons. The van der Waals surface area contributed by atoms with E-state index < -0.39 is 23.4 Å². The number of hydrogen-bond acceptors (Lipinski definition) is 4. The minimum absolute atomic E-state index is 0.000503. The van der Waals surface area contributed by atoms with Crippen LogP contribution in [0.25, 0.3) is 0 Å². The highest BCUT2D eigenvalue weighted by Gasteiger charge is 2.39. The molecule has 1 saturated carbocycles. The number of ether oxygens (including phenoxy) is 1. The van der Waals surface area contributed by atoms with Gasteiger partial charge >= 0.3 is 12.1 Å². The van der Waals surface area contributed by atoms with Gasteiger partial charge in [-0.3, -0.25) is 0 Å². The first-order valence-corrected chi connectivity index (χ1v) is 6.54. The zero-order valence-electron chi connectivity index (χ0n) is 11.0. The predicted octanol–water partition coefficient (Wildman–Crippen LogP) is 3.33. The first kappa shape index (κ1) is 14.7. The average molecular weight is 288 g/mol. The van der Waals surface area contributed by atoms with Crippen LogP contribution in [0, 0.1) is 0 Å². The highest BCUT2D eigenvalue weighted by molar-refractivity contribution is 5.90. The number of alkyl halides is 3. The molecule has 0 unspecified atom stereocenters. The summed E-state index contributed by atoms with van der Waals surface area (Å²) in [7, 11) is 0. The molecule has 0 atom stereocenters. The third-order valence-electron chi connectivity index (χ3n) is 3.29. The number of aromatic nitrogens is 2. The molecule has 1 aliphatic carbocycles. The van der Waals surface area contributed by atoms with E-state index in [1.54, 1.807) is 0 Å². The molecule has 0 bridgehead atoms. The van der Waals surface area contributed by atoms with Crippen molar-refractivity contribution in [3.63, 3.8) is 0 Å². The number of carbonyl (C=O) groups is 1. The molecule has 0 N–H and O–H groups in total. The topological polar surface area (TPSA) is 52.1 Å². The van der Waals surface area contributed by atoms with Gasteiger partial charge in [0.15, 0.2) is 5.69 Å². The van der Waals surface area contributed by atoms with E-state index in [-0.39, 0.29) is 18.3 Å². The molecule has 0 amide bonds. The van der Waals surface area contributed by atoms with Gasteiger partial charge < -0.3 is 4.74 Å². The van der Waals surface area contributed by atoms with Gasteiger partial charge in [-0.25, -0.2) is 14.8 Å². The van der Waals surface area contributed by atoms with Crippen molar-refractivity contribution in [1.82, 2.24) is 9.97 Å². The number of nitrogens with zero attached hydrogens (tertiary/aromatic N) is 2. The smallest absolute Gasteiger partial charge is 0.434 e. The van der Waals surface area contributed by atoms with Gasteiger partial charge in [-0.15, -0.1) is 0 Å². The first-order chi connectivity index (χ1) is 9.43. The van der Waals surface area contributed by atoms with Gasteiger partial charge in [0.05, 0.1) is 6.61 Å². The van der Waals surface area contributed by atoms with Gasteiger partial charge in [0.2, 0.25) is 0 Å². The molecule has 1 aromatic heterocycles. The Morgan fingerprint density at radius 2 is 2.05 bits per heavy atom. The molecular weight excluding hydrogens is 273 g/mol. The third-order valence-corrected chi connectivity index (χ3v) is 3.29. The van der Waals surface area contributed by atoms with E-state index in [9.17, 15) is 18.0 Å². The van der Waals surface area contributed by atoms with Crippen LogP contribution >= 0.6 is 0 Å². The monoisotopic (exact) mass is 288 g/mol. The molecule has 4 nitrogen and oxygen atoms in total. The highest BCUT2D eigenvalue weighted by Crippen LogP contribution is 2.35. The fraction of sp³-hybridized carbons (Fsp3) is 0.615. The van der Waals surface area contributed by atoms with E-state index >= 15 is 0 Å². The van der Waals surface area contributed by atoms with Crippen LogP contribution in [0.4, 0.5) is 13.2 Å². The summed E-state index contributed by atoms with van der Waals surface area (Å²) >= 11 is 0. The lowest BCUT2D eigenvalue weighted by Gasteiger charge is -2.14. The Hall–Kier alpha value is -1.66. The number of halogens is 3. The van der Waals surface area contributed by atoms with Crippen LogP contribution in [0.15, 0.2) is 6.20 Å². The van der Waals surface area contributed by atoms with Gasteiger partial charge in [0, 0.05) is 12.1 Å². The molecule has 0 aromatic carbocycles. The van der Waals surface area contributed by atoms with Crippen molar-refractivity contribution in [3.05, 3.63) is 23.3 Å². The van der Waals surface area contributed by atoms with E-state index in [0.29, 0.717) is 0 Å². The lowest BCUT2D eigenvalue weighted by molar-refractivity contribution is -0.142. The van der Waals surface area contributed by atoms with Gasteiger partial charge in [0.1, 0.15) is 11.4 Å². The van der Waals surface area contributed by atoms with Crippen molar-refractivity contribution in [2.75, 3.05) is 6.61 Å². The molecule has 0 radical (unpaired) electrons. The summed E-state index contributed by atoms with van der Waals surface area (Å²) in [6, 6.07) is 0. The van der Waals surface area contributed by atoms with Crippen molar-refractivity contribution >= 4 is 5.97 Å². The van der Waals surface area contributed by atoms with Crippen LogP contribution in [0.1, 0.15) is 60.4 Å². The number of rotatable bonds is 3. The molecule has 0 saturated heterocycles. The molecule has 7 heteroatoms. The van der Waals surface area contributed by atoms with E-state index in [1.807, 2.05) is 0 Å². The standard InChI is InChI=1S/C13H15F3N2O2/c1-2-20-12(19)9-7-17-11(8-5-3-4-6-8)18-10(9)13(14,15)16/h7-8H,2-6H2,1H3. The Bertz CT molecular complexity index is 497. The molecule has 2 rings (SSSR count). The summed E-state index contributed by atoms with van der Waals surface area (Å²) in [5, 5.41) is 0. The second-order valence-corrected chi connectivity index (χ2v) is 4.69. The van der Waals surface area contributed by atoms with Crippen molar-refractivity contribution in [2.24, 2.45) is 0 Å². The summed E-state index contributed by atoms with van der Waals surface area (Å²) < 4.78 is 43.7. The van der Waals surface area contributed by atoms with Crippen LogP contribution < -0.4 is 0 Å². The molecule has 1 heterocycles. The summed E-state index contributed by atoms with van der Waals surface area (Å²) in [5.74, 6) is -0.923. The summed E-state index contributed by atoms with van der Waals surface area (Å²) in [5.41, 5.74) is -1.83. The second-order valence-electron chi connectivity index (χ2n) is 4.69. The molecular formula is C13H15F3N2O2. The summed E-state index contributed by atoms with van der Waals surface area (Å²) in [6.07, 6.45) is -0.254. The number of carbonyl (C=O) groups excluding carboxylic acids is 1. The maximum atomic E-state index is 13.0. The SMILES string of the molecule is CCOC(=O)c1cnc(C2CCCC2)nc1C(F)(F)F.